The number of anilines is 2. The Kier molecular flexibility index (Phi) is 3.98. The number of carbonyl (C=O) groups is 1. The molecule has 0 spiro atoms. The fourth-order valence-corrected chi connectivity index (χ4v) is 2.10. The van der Waals surface area contributed by atoms with E-state index in [-0.39, 0.29) is 5.91 Å². The maximum absolute atomic E-state index is 11.6. The molecule has 2 aromatic rings. The van der Waals surface area contributed by atoms with Gasteiger partial charge in [0.2, 0.25) is 0 Å². The molecular weight excluding hydrogens is 254 g/mol. The molecule has 0 aliphatic heterocycles. The van der Waals surface area contributed by atoms with Crippen LogP contribution in [0.3, 0.4) is 0 Å². The largest absolute Gasteiger partial charge is 0.469 e. The van der Waals surface area contributed by atoms with Crippen molar-refractivity contribution in [2.75, 3.05) is 24.7 Å². The highest BCUT2D eigenvalue weighted by Gasteiger charge is 2.11. The van der Waals surface area contributed by atoms with Crippen molar-refractivity contribution >= 4 is 17.3 Å². The number of nitrogens with one attached hydrogen (secondary N) is 1. The van der Waals surface area contributed by atoms with E-state index in [2.05, 4.69) is 5.32 Å². The normalized spacial score (nSPS) is 10.3. The number of amides is 1. The van der Waals surface area contributed by atoms with Gasteiger partial charge in [-0.2, -0.15) is 0 Å². The van der Waals surface area contributed by atoms with E-state index < -0.39 is 0 Å². The summed E-state index contributed by atoms with van der Waals surface area (Å²) < 4.78 is 5.29. The summed E-state index contributed by atoms with van der Waals surface area (Å²) in [6, 6.07) is 7.26. The first-order valence-corrected chi connectivity index (χ1v) is 6.38. The molecule has 106 valence electrons. The zero-order valence-corrected chi connectivity index (χ0v) is 11.9. The minimum Gasteiger partial charge on any atom is -0.469 e. The highest BCUT2D eigenvalue weighted by atomic mass is 16.3. The summed E-state index contributed by atoms with van der Waals surface area (Å²) in [5.41, 5.74) is 9.17. The molecule has 0 radical (unpaired) electrons. The molecule has 3 N–H and O–H groups in total. The van der Waals surface area contributed by atoms with Crippen molar-refractivity contribution in [1.82, 2.24) is 5.32 Å². The molecular formula is C15H19N3O2. The molecule has 0 saturated carbocycles. The monoisotopic (exact) mass is 273 g/mol. The third kappa shape index (κ3) is 2.77. The number of nitrogen functional groups attached to an aromatic ring is 1. The molecule has 0 aliphatic carbocycles. The van der Waals surface area contributed by atoms with E-state index >= 15 is 0 Å². The van der Waals surface area contributed by atoms with E-state index in [0.717, 1.165) is 17.0 Å². The van der Waals surface area contributed by atoms with Crippen LogP contribution in [0.2, 0.25) is 0 Å². The van der Waals surface area contributed by atoms with Crippen LogP contribution in [-0.2, 0) is 6.54 Å². The molecule has 20 heavy (non-hydrogen) atoms. The van der Waals surface area contributed by atoms with Crippen LogP contribution < -0.4 is 16.0 Å². The van der Waals surface area contributed by atoms with E-state index in [1.807, 2.05) is 31.0 Å². The topological polar surface area (TPSA) is 71.5 Å². The molecule has 0 bridgehead atoms. The number of aryl methyl sites for hydroxylation is 1. The summed E-state index contributed by atoms with van der Waals surface area (Å²) >= 11 is 0. The zero-order chi connectivity index (χ0) is 14.7. The Labute approximate surface area is 118 Å². The lowest BCUT2D eigenvalue weighted by Gasteiger charge is -2.21. The molecule has 2 rings (SSSR count). The Morgan fingerprint density at radius 1 is 1.40 bits per heavy atom. The zero-order valence-electron chi connectivity index (χ0n) is 11.9. The third-order valence-electron chi connectivity index (χ3n) is 3.30. The Bertz CT molecular complexity index is 619. The molecule has 1 aromatic heterocycles. The first kappa shape index (κ1) is 14.0. The molecule has 5 nitrogen and oxygen atoms in total. The second-order valence-electron chi connectivity index (χ2n) is 4.71. The Hall–Kier alpha value is -2.43. The molecule has 5 heteroatoms. The summed E-state index contributed by atoms with van der Waals surface area (Å²) in [6.07, 6.45) is 1.68. The summed E-state index contributed by atoms with van der Waals surface area (Å²) in [7, 11) is 3.55. The maximum Gasteiger partial charge on any atom is 0.251 e. The van der Waals surface area contributed by atoms with Crippen LogP contribution in [0.1, 0.15) is 21.7 Å². The summed E-state index contributed by atoms with van der Waals surface area (Å²) in [6.45, 7) is 2.63. The number of furan rings is 1. The van der Waals surface area contributed by atoms with Crippen molar-refractivity contribution in [1.29, 1.82) is 0 Å². The number of nitrogens with two attached hydrogens (primary N) is 1. The first-order valence-electron chi connectivity index (χ1n) is 6.38. The molecule has 1 aromatic carbocycles. The van der Waals surface area contributed by atoms with Crippen LogP contribution >= 0.6 is 0 Å². The van der Waals surface area contributed by atoms with Gasteiger partial charge in [-0.1, -0.05) is 0 Å². The van der Waals surface area contributed by atoms with Crippen molar-refractivity contribution in [2.45, 2.75) is 13.5 Å². The van der Waals surface area contributed by atoms with Gasteiger partial charge >= 0.3 is 0 Å². The fourth-order valence-electron chi connectivity index (χ4n) is 2.10. The minimum absolute atomic E-state index is 0.142. The van der Waals surface area contributed by atoms with Gasteiger partial charge in [-0.05, 0) is 31.2 Å². The lowest BCUT2D eigenvalue weighted by Crippen LogP contribution is -2.20. The molecule has 0 fully saturated rings. The molecule has 0 aliphatic rings. The average Bonchev–Trinajstić information content (AvgIpc) is 2.83. The number of rotatable bonds is 4. The van der Waals surface area contributed by atoms with Gasteiger partial charge in [0.25, 0.3) is 5.91 Å². The smallest absolute Gasteiger partial charge is 0.251 e. The first-order chi connectivity index (χ1) is 9.52. The van der Waals surface area contributed by atoms with Crippen LogP contribution in [0.4, 0.5) is 11.4 Å². The van der Waals surface area contributed by atoms with Gasteiger partial charge in [-0.15, -0.1) is 0 Å². The van der Waals surface area contributed by atoms with Gasteiger partial charge in [-0.25, -0.2) is 0 Å². The average molecular weight is 273 g/mol. The van der Waals surface area contributed by atoms with Crippen molar-refractivity contribution in [3.8, 4) is 0 Å². The van der Waals surface area contributed by atoms with Crippen molar-refractivity contribution in [2.24, 2.45) is 0 Å². The van der Waals surface area contributed by atoms with Crippen LogP contribution in [0.15, 0.2) is 34.9 Å². The summed E-state index contributed by atoms with van der Waals surface area (Å²) in [5.74, 6) is 0.758. The van der Waals surface area contributed by atoms with E-state index in [9.17, 15) is 4.79 Å². The molecule has 0 unspecified atom stereocenters. The summed E-state index contributed by atoms with van der Waals surface area (Å²) in [5, 5.41) is 2.58. The van der Waals surface area contributed by atoms with Crippen LogP contribution in [0.25, 0.3) is 0 Å². The van der Waals surface area contributed by atoms with Gasteiger partial charge in [0.05, 0.1) is 17.6 Å². The van der Waals surface area contributed by atoms with Gasteiger partial charge in [0.1, 0.15) is 5.76 Å². The van der Waals surface area contributed by atoms with Crippen molar-refractivity contribution < 1.29 is 9.21 Å². The number of hydrogen-bond donors (Lipinski definition) is 2. The van der Waals surface area contributed by atoms with E-state index in [4.69, 9.17) is 10.2 Å². The van der Waals surface area contributed by atoms with Gasteiger partial charge in [0.15, 0.2) is 0 Å². The number of benzene rings is 1. The highest BCUT2D eigenvalue weighted by molar-refractivity contribution is 5.96. The van der Waals surface area contributed by atoms with E-state index in [0.29, 0.717) is 17.8 Å². The summed E-state index contributed by atoms with van der Waals surface area (Å²) in [4.78, 5) is 13.6. The van der Waals surface area contributed by atoms with Crippen LogP contribution in [0.5, 0.6) is 0 Å². The molecule has 0 atom stereocenters. The van der Waals surface area contributed by atoms with Crippen LogP contribution in [0, 0.1) is 6.92 Å². The van der Waals surface area contributed by atoms with Gasteiger partial charge in [0, 0.05) is 31.8 Å². The number of nitrogens with zero attached hydrogens (tertiary/aromatic N) is 1. The minimum atomic E-state index is -0.142. The van der Waals surface area contributed by atoms with E-state index in [1.165, 1.54) is 0 Å². The van der Waals surface area contributed by atoms with Crippen molar-refractivity contribution in [3.05, 3.63) is 47.4 Å². The Morgan fingerprint density at radius 2 is 2.15 bits per heavy atom. The van der Waals surface area contributed by atoms with Gasteiger partial charge < -0.3 is 20.4 Å². The second-order valence-corrected chi connectivity index (χ2v) is 4.71. The lowest BCUT2D eigenvalue weighted by atomic mass is 10.1. The van der Waals surface area contributed by atoms with Gasteiger partial charge in [-0.3, -0.25) is 4.79 Å². The Balaban J connectivity index is 2.20. The highest BCUT2D eigenvalue weighted by Crippen LogP contribution is 2.25. The molecule has 0 saturated heterocycles. The maximum atomic E-state index is 11.6. The Morgan fingerprint density at radius 3 is 2.70 bits per heavy atom. The predicted molar refractivity (Wildman–Crippen MR) is 79.8 cm³/mol. The van der Waals surface area contributed by atoms with E-state index in [1.54, 1.807) is 25.4 Å². The predicted octanol–water partition coefficient (Wildman–Crippen LogP) is 2.17. The number of carbonyl (C=O) groups excluding carboxylic acids is 1. The standard InChI is InChI=1S/C15H19N3O2/c1-10-12(6-7-20-10)9-18(3)14-5-4-11(8-13(14)16)15(19)17-2/h4-8H,9,16H2,1-3H3,(H,17,19). The molecule has 1 heterocycles. The third-order valence-corrected chi connectivity index (χ3v) is 3.30. The quantitative estimate of drug-likeness (QED) is 0.837. The number of hydrogen-bond acceptors (Lipinski definition) is 4. The van der Waals surface area contributed by atoms with Crippen molar-refractivity contribution in [3.63, 3.8) is 0 Å². The lowest BCUT2D eigenvalue weighted by molar-refractivity contribution is 0.0963. The second kappa shape index (κ2) is 5.69. The van der Waals surface area contributed by atoms with Crippen LogP contribution in [-0.4, -0.2) is 20.0 Å². The SMILES string of the molecule is CNC(=O)c1ccc(N(C)Cc2ccoc2C)c(N)c1. The fraction of sp³-hybridized carbons (Fsp3) is 0.267. The molecule has 1 amide bonds.